The molecule has 0 radical (unpaired) electrons. The average molecular weight is 283 g/mol. The molecule has 2 N–H and O–H groups in total. The Bertz CT molecular complexity index is 609. The van der Waals surface area contributed by atoms with Crippen molar-refractivity contribution in [1.82, 2.24) is 9.78 Å². The molecule has 21 heavy (non-hydrogen) atoms. The Hall–Kier alpha value is -1.61. The molecule has 3 nitrogen and oxygen atoms in total. The zero-order valence-electron chi connectivity index (χ0n) is 13.0. The Morgan fingerprint density at radius 3 is 2.76 bits per heavy atom. The van der Waals surface area contributed by atoms with Crippen molar-refractivity contribution in [3.05, 3.63) is 52.8 Å². The van der Waals surface area contributed by atoms with Gasteiger partial charge in [-0.2, -0.15) is 5.10 Å². The van der Waals surface area contributed by atoms with Gasteiger partial charge in [-0.15, -0.1) is 0 Å². The maximum absolute atomic E-state index is 6.41. The highest BCUT2D eigenvalue weighted by molar-refractivity contribution is 5.35. The van der Waals surface area contributed by atoms with Gasteiger partial charge in [-0.05, 0) is 49.4 Å². The van der Waals surface area contributed by atoms with Crippen molar-refractivity contribution in [1.29, 1.82) is 0 Å². The summed E-state index contributed by atoms with van der Waals surface area (Å²) in [4.78, 5) is 0. The van der Waals surface area contributed by atoms with Crippen LogP contribution in [0, 0.1) is 13.8 Å². The third-order valence-electron chi connectivity index (χ3n) is 4.84. The minimum atomic E-state index is 0.0248. The second-order valence-corrected chi connectivity index (χ2v) is 6.33. The molecule has 1 aromatic carbocycles. The summed E-state index contributed by atoms with van der Waals surface area (Å²) in [5.41, 5.74) is 11.4. The van der Waals surface area contributed by atoms with Gasteiger partial charge in [0.15, 0.2) is 0 Å². The number of benzene rings is 1. The number of rotatable bonds is 4. The number of hydrogen-bond acceptors (Lipinski definition) is 2. The second-order valence-electron chi connectivity index (χ2n) is 6.33. The fourth-order valence-electron chi connectivity index (χ4n) is 3.37. The van der Waals surface area contributed by atoms with E-state index in [0.717, 1.165) is 12.1 Å². The smallest absolute Gasteiger partial charge is 0.0643 e. The van der Waals surface area contributed by atoms with E-state index in [1.807, 2.05) is 0 Å². The topological polar surface area (TPSA) is 43.8 Å². The van der Waals surface area contributed by atoms with Gasteiger partial charge < -0.3 is 5.73 Å². The van der Waals surface area contributed by atoms with Gasteiger partial charge in [0, 0.05) is 18.7 Å². The lowest BCUT2D eigenvalue weighted by atomic mass is 9.95. The molecule has 1 aliphatic carbocycles. The van der Waals surface area contributed by atoms with E-state index in [2.05, 4.69) is 49.0 Å². The molecular formula is C18H25N3. The van der Waals surface area contributed by atoms with Gasteiger partial charge in [0.2, 0.25) is 0 Å². The summed E-state index contributed by atoms with van der Waals surface area (Å²) in [5.74, 6) is 0. The monoisotopic (exact) mass is 283 g/mol. The molecule has 1 unspecified atom stereocenters. The van der Waals surface area contributed by atoms with Crippen LogP contribution in [0.15, 0.2) is 30.5 Å². The Balaban J connectivity index is 1.72. The van der Waals surface area contributed by atoms with E-state index < -0.39 is 0 Å². The second kappa shape index (κ2) is 6.02. The maximum atomic E-state index is 6.41. The fraction of sp³-hybridized carbons (Fsp3) is 0.500. The molecule has 1 aromatic heterocycles. The SMILES string of the molecule is Cc1cccc(C(N)Cc2ccn(C3CCCC3)n2)c1C. The molecule has 1 saturated carbocycles. The molecule has 2 aromatic rings. The molecule has 0 spiro atoms. The first kappa shape index (κ1) is 14.3. The summed E-state index contributed by atoms with van der Waals surface area (Å²) in [7, 11) is 0. The van der Waals surface area contributed by atoms with Gasteiger partial charge in [0.1, 0.15) is 0 Å². The first-order valence-corrected chi connectivity index (χ1v) is 8.01. The summed E-state index contributed by atoms with van der Waals surface area (Å²) in [6, 6.07) is 9.13. The molecule has 1 atom stereocenters. The third kappa shape index (κ3) is 3.03. The molecule has 1 heterocycles. The van der Waals surface area contributed by atoms with Crippen LogP contribution in [0.4, 0.5) is 0 Å². The van der Waals surface area contributed by atoms with E-state index in [4.69, 9.17) is 10.8 Å². The highest BCUT2D eigenvalue weighted by Gasteiger charge is 2.18. The van der Waals surface area contributed by atoms with Crippen molar-refractivity contribution < 1.29 is 0 Å². The minimum absolute atomic E-state index is 0.0248. The summed E-state index contributed by atoms with van der Waals surface area (Å²) in [6.07, 6.45) is 8.14. The first-order chi connectivity index (χ1) is 10.1. The predicted molar refractivity (Wildman–Crippen MR) is 86.3 cm³/mol. The number of aromatic nitrogens is 2. The van der Waals surface area contributed by atoms with Crippen LogP contribution in [0.1, 0.15) is 60.2 Å². The molecule has 0 amide bonds. The lowest BCUT2D eigenvalue weighted by Gasteiger charge is -2.15. The molecule has 3 heteroatoms. The van der Waals surface area contributed by atoms with Crippen molar-refractivity contribution >= 4 is 0 Å². The van der Waals surface area contributed by atoms with Crippen LogP contribution in [0.25, 0.3) is 0 Å². The standard InChI is InChI=1S/C18H25N3/c1-13-6-5-9-17(14(13)2)18(19)12-15-10-11-21(20-15)16-7-3-4-8-16/h5-6,9-11,16,18H,3-4,7-8,12,19H2,1-2H3. The molecular weight excluding hydrogens is 258 g/mol. The summed E-state index contributed by atoms with van der Waals surface area (Å²) in [6.45, 7) is 4.29. The van der Waals surface area contributed by atoms with Gasteiger partial charge in [-0.3, -0.25) is 4.68 Å². The fourth-order valence-corrected chi connectivity index (χ4v) is 3.37. The van der Waals surface area contributed by atoms with E-state index in [1.165, 1.54) is 42.4 Å². The Kier molecular flexibility index (Phi) is 4.11. The number of nitrogens with zero attached hydrogens (tertiary/aromatic N) is 2. The van der Waals surface area contributed by atoms with E-state index in [1.54, 1.807) is 0 Å². The average Bonchev–Trinajstić information content (AvgIpc) is 3.12. The van der Waals surface area contributed by atoms with Gasteiger partial charge in [-0.1, -0.05) is 31.0 Å². The summed E-state index contributed by atoms with van der Waals surface area (Å²) < 4.78 is 2.15. The van der Waals surface area contributed by atoms with Crippen molar-refractivity contribution in [3.8, 4) is 0 Å². The Labute approximate surface area is 127 Å². The quantitative estimate of drug-likeness (QED) is 0.926. The summed E-state index contributed by atoms with van der Waals surface area (Å²) in [5, 5.41) is 4.75. The van der Waals surface area contributed by atoms with E-state index >= 15 is 0 Å². The van der Waals surface area contributed by atoms with Gasteiger partial charge in [0.05, 0.1) is 11.7 Å². The predicted octanol–water partition coefficient (Wildman–Crippen LogP) is 3.86. The molecule has 112 valence electrons. The number of hydrogen-bond donors (Lipinski definition) is 1. The van der Waals surface area contributed by atoms with Crippen molar-refractivity contribution in [2.24, 2.45) is 5.73 Å². The van der Waals surface area contributed by atoms with Crippen LogP contribution in [-0.4, -0.2) is 9.78 Å². The summed E-state index contributed by atoms with van der Waals surface area (Å²) >= 11 is 0. The lowest BCUT2D eigenvalue weighted by molar-refractivity contribution is 0.461. The zero-order valence-corrected chi connectivity index (χ0v) is 13.0. The van der Waals surface area contributed by atoms with Crippen LogP contribution in [0.3, 0.4) is 0 Å². The molecule has 0 aliphatic heterocycles. The first-order valence-electron chi connectivity index (χ1n) is 8.01. The number of aryl methyl sites for hydroxylation is 1. The molecule has 0 saturated heterocycles. The maximum Gasteiger partial charge on any atom is 0.0643 e. The van der Waals surface area contributed by atoms with Crippen LogP contribution in [0.5, 0.6) is 0 Å². The lowest BCUT2D eigenvalue weighted by Crippen LogP contribution is -2.16. The van der Waals surface area contributed by atoms with Crippen molar-refractivity contribution in [2.45, 2.75) is 58.0 Å². The highest BCUT2D eigenvalue weighted by atomic mass is 15.3. The van der Waals surface area contributed by atoms with Crippen LogP contribution in [-0.2, 0) is 6.42 Å². The zero-order chi connectivity index (χ0) is 14.8. The van der Waals surface area contributed by atoms with Crippen LogP contribution < -0.4 is 5.73 Å². The van der Waals surface area contributed by atoms with E-state index in [0.29, 0.717) is 6.04 Å². The number of nitrogens with two attached hydrogens (primary N) is 1. The van der Waals surface area contributed by atoms with Gasteiger partial charge >= 0.3 is 0 Å². The van der Waals surface area contributed by atoms with E-state index in [-0.39, 0.29) is 6.04 Å². The van der Waals surface area contributed by atoms with Crippen LogP contribution in [0.2, 0.25) is 0 Å². The van der Waals surface area contributed by atoms with E-state index in [9.17, 15) is 0 Å². The minimum Gasteiger partial charge on any atom is -0.324 e. The van der Waals surface area contributed by atoms with Gasteiger partial charge in [0.25, 0.3) is 0 Å². The largest absolute Gasteiger partial charge is 0.324 e. The third-order valence-corrected chi connectivity index (χ3v) is 4.84. The van der Waals surface area contributed by atoms with Crippen LogP contribution >= 0.6 is 0 Å². The van der Waals surface area contributed by atoms with Gasteiger partial charge in [-0.25, -0.2) is 0 Å². The van der Waals surface area contributed by atoms with Crippen molar-refractivity contribution in [3.63, 3.8) is 0 Å². The molecule has 3 rings (SSSR count). The Morgan fingerprint density at radius 2 is 2.00 bits per heavy atom. The van der Waals surface area contributed by atoms with Crippen molar-refractivity contribution in [2.75, 3.05) is 0 Å². The highest BCUT2D eigenvalue weighted by Crippen LogP contribution is 2.29. The Morgan fingerprint density at radius 1 is 1.24 bits per heavy atom. The normalized spacial score (nSPS) is 17.3. The molecule has 0 bridgehead atoms. The molecule has 1 aliphatic rings. The molecule has 1 fully saturated rings.